The number of aryl methyl sites for hydroxylation is 1. The lowest BCUT2D eigenvalue weighted by Crippen LogP contribution is -2.40. The standard InChI is InChI=1S/C14H19N3O4S2/c1-23(20,21)17-7-5-9(6-8-17)13(19)16-14-15-10-3-2-4-11(18)12(10)22-14/h9H,2-8H2,1H3,(H,15,16,19). The molecule has 0 atom stereocenters. The smallest absolute Gasteiger partial charge is 0.229 e. The fourth-order valence-corrected chi connectivity index (χ4v) is 4.84. The van der Waals surface area contributed by atoms with Crippen LogP contribution in [-0.4, -0.2) is 48.7 Å². The highest BCUT2D eigenvalue weighted by Crippen LogP contribution is 2.30. The van der Waals surface area contributed by atoms with E-state index in [2.05, 4.69) is 10.3 Å². The van der Waals surface area contributed by atoms with Crippen LogP contribution in [0.25, 0.3) is 0 Å². The number of anilines is 1. The first-order valence-corrected chi connectivity index (χ1v) is 10.3. The topological polar surface area (TPSA) is 96.4 Å². The summed E-state index contributed by atoms with van der Waals surface area (Å²) >= 11 is 1.24. The van der Waals surface area contributed by atoms with Crippen LogP contribution >= 0.6 is 11.3 Å². The summed E-state index contributed by atoms with van der Waals surface area (Å²) in [7, 11) is -3.19. The van der Waals surface area contributed by atoms with E-state index in [1.807, 2.05) is 0 Å². The number of ketones is 1. The molecule has 23 heavy (non-hydrogen) atoms. The lowest BCUT2D eigenvalue weighted by molar-refractivity contribution is -0.120. The number of carbonyl (C=O) groups is 2. The van der Waals surface area contributed by atoms with Crippen molar-refractivity contribution in [3.8, 4) is 0 Å². The highest BCUT2D eigenvalue weighted by Gasteiger charge is 2.30. The van der Waals surface area contributed by atoms with Gasteiger partial charge < -0.3 is 5.32 Å². The summed E-state index contributed by atoms with van der Waals surface area (Å²) in [6.45, 7) is 0.730. The second-order valence-electron chi connectivity index (χ2n) is 6.00. The van der Waals surface area contributed by atoms with Gasteiger partial charge in [0.15, 0.2) is 10.9 Å². The van der Waals surface area contributed by atoms with Gasteiger partial charge in [-0.25, -0.2) is 17.7 Å². The minimum Gasteiger partial charge on any atom is -0.302 e. The van der Waals surface area contributed by atoms with Gasteiger partial charge in [-0.3, -0.25) is 9.59 Å². The normalized spacial score (nSPS) is 20.3. The zero-order valence-corrected chi connectivity index (χ0v) is 14.5. The van der Waals surface area contributed by atoms with Crippen LogP contribution in [0.4, 0.5) is 5.13 Å². The Hall–Kier alpha value is -1.32. The van der Waals surface area contributed by atoms with Gasteiger partial charge in [-0.05, 0) is 25.7 Å². The summed E-state index contributed by atoms with van der Waals surface area (Å²) in [4.78, 5) is 29.1. The molecule has 7 nitrogen and oxygen atoms in total. The molecule has 3 rings (SSSR count). The highest BCUT2D eigenvalue weighted by molar-refractivity contribution is 7.88. The van der Waals surface area contributed by atoms with E-state index < -0.39 is 10.0 Å². The SMILES string of the molecule is CS(=O)(=O)N1CCC(C(=O)Nc2nc3c(s2)C(=O)CCC3)CC1. The number of hydrogen-bond acceptors (Lipinski definition) is 6. The number of aromatic nitrogens is 1. The third kappa shape index (κ3) is 3.61. The summed E-state index contributed by atoms with van der Waals surface area (Å²) in [6.07, 6.45) is 4.33. The van der Waals surface area contributed by atoms with Gasteiger partial charge >= 0.3 is 0 Å². The largest absolute Gasteiger partial charge is 0.302 e. The van der Waals surface area contributed by atoms with Crippen LogP contribution in [0.1, 0.15) is 41.0 Å². The van der Waals surface area contributed by atoms with Crippen LogP contribution in [0.2, 0.25) is 0 Å². The third-order valence-electron chi connectivity index (χ3n) is 4.29. The summed E-state index contributed by atoms with van der Waals surface area (Å²) < 4.78 is 24.4. The van der Waals surface area contributed by atoms with Crippen LogP contribution in [0, 0.1) is 5.92 Å². The minimum atomic E-state index is -3.19. The quantitative estimate of drug-likeness (QED) is 0.879. The van der Waals surface area contributed by atoms with Crippen molar-refractivity contribution in [3.63, 3.8) is 0 Å². The van der Waals surface area contributed by atoms with Gasteiger partial charge in [0.25, 0.3) is 0 Å². The Morgan fingerprint density at radius 1 is 1.30 bits per heavy atom. The Balaban J connectivity index is 1.61. The molecule has 1 amide bonds. The molecular weight excluding hydrogens is 338 g/mol. The summed E-state index contributed by atoms with van der Waals surface area (Å²) in [5, 5.41) is 3.26. The molecule has 0 unspecified atom stereocenters. The number of piperidine rings is 1. The lowest BCUT2D eigenvalue weighted by Gasteiger charge is -2.29. The molecular formula is C14H19N3O4S2. The van der Waals surface area contributed by atoms with Crippen LogP contribution in [0.15, 0.2) is 0 Å². The maximum absolute atomic E-state index is 12.3. The monoisotopic (exact) mass is 357 g/mol. The van der Waals surface area contributed by atoms with Gasteiger partial charge in [0.1, 0.15) is 0 Å². The third-order valence-corrected chi connectivity index (χ3v) is 6.65. The first-order chi connectivity index (χ1) is 10.8. The molecule has 126 valence electrons. The first-order valence-electron chi connectivity index (χ1n) is 7.63. The fourth-order valence-electron chi connectivity index (χ4n) is 2.98. The second kappa shape index (κ2) is 6.29. The highest BCUT2D eigenvalue weighted by atomic mass is 32.2. The number of rotatable bonds is 3. The zero-order valence-electron chi connectivity index (χ0n) is 12.9. The van der Waals surface area contributed by atoms with Crippen molar-refractivity contribution in [1.29, 1.82) is 0 Å². The summed E-state index contributed by atoms with van der Waals surface area (Å²) in [5.41, 5.74) is 0.786. The van der Waals surface area contributed by atoms with Crippen molar-refractivity contribution < 1.29 is 18.0 Å². The maximum atomic E-state index is 12.3. The van der Waals surface area contributed by atoms with Crippen LogP contribution in [0.5, 0.6) is 0 Å². The van der Waals surface area contributed by atoms with Crippen LogP contribution in [0.3, 0.4) is 0 Å². The molecule has 2 heterocycles. The van der Waals surface area contributed by atoms with Crippen molar-refractivity contribution in [2.75, 3.05) is 24.7 Å². The number of hydrogen-bond donors (Lipinski definition) is 1. The zero-order chi connectivity index (χ0) is 16.6. The molecule has 1 aromatic rings. The minimum absolute atomic E-state index is 0.103. The van der Waals surface area contributed by atoms with Gasteiger partial charge in [0, 0.05) is 25.4 Å². The van der Waals surface area contributed by atoms with Crippen LogP contribution < -0.4 is 5.32 Å². The maximum Gasteiger partial charge on any atom is 0.229 e. The summed E-state index contributed by atoms with van der Waals surface area (Å²) in [6, 6.07) is 0. The average molecular weight is 357 g/mol. The molecule has 1 fully saturated rings. The Bertz CT molecular complexity index is 733. The van der Waals surface area contributed by atoms with E-state index in [0.717, 1.165) is 18.5 Å². The Labute approximate surface area is 139 Å². The molecule has 0 aromatic carbocycles. The lowest BCUT2D eigenvalue weighted by atomic mass is 9.97. The van der Waals surface area contributed by atoms with Crippen molar-refractivity contribution in [3.05, 3.63) is 10.6 Å². The van der Waals surface area contributed by atoms with E-state index in [1.54, 1.807) is 0 Å². The van der Waals surface area contributed by atoms with Crippen molar-refractivity contribution >= 4 is 38.2 Å². The summed E-state index contributed by atoms with van der Waals surface area (Å²) in [5.74, 6) is -0.257. The number of amides is 1. The molecule has 0 saturated carbocycles. The second-order valence-corrected chi connectivity index (χ2v) is 8.98. The first kappa shape index (κ1) is 16.5. The predicted molar refractivity (Wildman–Crippen MR) is 87.2 cm³/mol. The number of thiazole rings is 1. The molecule has 9 heteroatoms. The molecule has 0 spiro atoms. The molecule has 1 aromatic heterocycles. The van der Waals surface area contributed by atoms with Crippen molar-refractivity contribution in [1.82, 2.24) is 9.29 Å². The van der Waals surface area contributed by atoms with Gasteiger partial charge in [-0.2, -0.15) is 0 Å². The van der Waals surface area contributed by atoms with E-state index in [9.17, 15) is 18.0 Å². The number of nitrogens with one attached hydrogen (secondary N) is 1. The van der Waals surface area contributed by atoms with E-state index >= 15 is 0 Å². The van der Waals surface area contributed by atoms with E-state index in [4.69, 9.17) is 0 Å². The molecule has 1 saturated heterocycles. The molecule has 2 aliphatic rings. The Morgan fingerprint density at radius 2 is 2.00 bits per heavy atom. The number of carbonyl (C=O) groups excluding carboxylic acids is 2. The number of Topliss-reactive ketones (excluding diaryl/α,β-unsaturated/α-hetero) is 1. The Morgan fingerprint density at radius 3 is 2.61 bits per heavy atom. The van der Waals surface area contributed by atoms with E-state index in [1.165, 1.54) is 21.9 Å². The predicted octanol–water partition coefficient (Wildman–Crippen LogP) is 1.27. The molecule has 0 radical (unpaired) electrons. The molecule has 1 N–H and O–H groups in total. The number of nitrogens with zero attached hydrogens (tertiary/aromatic N) is 2. The van der Waals surface area contributed by atoms with Crippen LogP contribution in [-0.2, 0) is 21.2 Å². The van der Waals surface area contributed by atoms with Gasteiger partial charge in [-0.15, -0.1) is 0 Å². The molecule has 1 aliphatic carbocycles. The van der Waals surface area contributed by atoms with E-state index in [-0.39, 0.29) is 17.6 Å². The number of fused-ring (bicyclic) bond motifs is 1. The van der Waals surface area contributed by atoms with Gasteiger partial charge in [0.05, 0.1) is 16.8 Å². The average Bonchev–Trinajstić information content (AvgIpc) is 2.90. The van der Waals surface area contributed by atoms with E-state index in [0.29, 0.717) is 42.4 Å². The molecule has 1 aliphatic heterocycles. The van der Waals surface area contributed by atoms with Gasteiger partial charge in [0.2, 0.25) is 15.9 Å². The van der Waals surface area contributed by atoms with Crippen molar-refractivity contribution in [2.45, 2.75) is 32.1 Å². The molecule has 0 bridgehead atoms. The Kier molecular flexibility index (Phi) is 4.52. The fraction of sp³-hybridized carbons (Fsp3) is 0.643. The number of sulfonamides is 1. The van der Waals surface area contributed by atoms with Crippen molar-refractivity contribution in [2.24, 2.45) is 5.92 Å². The van der Waals surface area contributed by atoms with Gasteiger partial charge in [-0.1, -0.05) is 11.3 Å².